The normalized spacial score (nSPS) is 24.6. The molecule has 96 valence electrons. The van der Waals surface area contributed by atoms with E-state index in [1.807, 2.05) is 0 Å². The fourth-order valence-electron chi connectivity index (χ4n) is 3.10. The lowest BCUT2D eigenvalue weighted by Crippen LogP contribution is -2.32. The molecule has 0 bridgehead atoms. The Morgan fingerprint density at radius 3 is 2.94 bits per heavy atom. The summed E-state index contributed by atoms with van der Waals surface area (Å²) >= 11 is 0. The number of fused-ring (bicyclic) bond motifs is 1. The first kappa shape index (κ1) is 11.7. The van der Waals surface area contributed by atoms with Gasteiger partial charge in [-0.3, -0.25) is 0 Å². The van der Waals surface area contributed by atoms with Crippen LogP contribution in [-0.4, -0.2) is 16.1 Å². The van der Waals surface area contributed by atoms with Crippen LogP contribution in [0.2, 0.25) is 0 Å². The molecule has 1 aromatic carbocycles. The maximum Gasteiger partial charge on any atom is 0.126 e. The van der Waals surface area contributed by atoms with Gasteiger partial charge in [0.1, 0.15) is 5.82 Å². The average Bonchev–Trinajstić information content (AvgIpc) is 2.68. The average molecular weight is 243 g/mol. The van der Waals surface area contributed by atoms with Gasteiger partial charge in [0.25, 0.3) is 0 Å². The molecule has 1 aliphatic heterocycles. The van der Waals surface area contributed by atoms with Gasteiger partial charge >= 0.3 is 0 Å². The zero-order valence-electron chi connectivity index (χ0n) is 11.4. The molecule has 2 unspecified atom stereocenters. The van der Waals surface area contributed by atoms with E-state index < -0.39 is 0 Å². The van der Waals surface area contributed by atoms with Crippen LogP contribution in [0.1, 0.15) is 37.2 Å². The summed E-state index contributed by atoms with van der Waals surface area (Å²) in [5.41, 5.74) is 3.69. The van der Waals surface area contributed by atoms with Gasteiger partial charge in [-0.25, -0.2) is 4.98 Å². The van der Waals surface area contributed by atoms with E-state index >= 15 is 0 Å². The van der Waals surface area contributed by atoms with Crippen molar-refractivity contribution in [3.05, 3.63) is 29.6 Å². The summed E-state index contributed by atoms with van der Waals surface area (Å²) in [5, 5.41) is 3.60. The lowest BCUT2D eigenvalue weighted by molar-refractivity contribution is 0.312. The fraction of sp³-hybridized carbons (Fsp3) is 0.533. The van der Waals surface area contributed by atoms with Gasteiger partial charge in [-0.05, 0) is 43.9 Å². The molecule has 0 aliphatic carbocycles. The van der Waals surface area contributed by atoms with Crippen molar-refractivity contribution in [1.29, 1.82) is 0 Å². The number of nitrogens with one attached hydrogen (secondary N) is 1. The molecule has 0 amide bonds. The second kappa shape index (κ2) is 4.39. The van der Waals surface area contributed by atoms with Crippen LogP contribution in [0.5, 0.6) is 0 Å². The molecule has 3 heteroatoms. The van der Waals surface area contributed by atoms with Crippen molar-refractivity contribution in [3.63, 3.8) is 0 Å². The third-order valence-electron chi connectivity index (χ3n) is 4.11. The van der Waals surface area contributed by atoms with Crippen LogP contribution in [0.3, 0.4) is 0 Å². The van der Waals surface area contributed by atoms with E-state index in [4.69, 9.17) is 4.98 Å². The summed E-state index contributed by atoms with van der Waals surface area (Å²) < 4.78 is 2.26. The number of benzene rings is 1. The van der Waals surface area contributed by atoms with Crippen LogP contribution in [0.25, 0.3) is 11.0 Å². The van der Waals surface area contributed by atoms with E-state index in [0.29, 0.717) is 6.04 Å². The van der Waals surface area contributed by atoms with Gasteiger partial charge in [0.2, 0.25) is 0 Å². The predicted octanol–water partition coefficient (Wildman–Crippen LogP) is 2.94. The number of aryl methyl sites for hydroxylation is 2. The maximum absolute atomic E-state index is 4.83. The summed E-state index contributed by atoms with van der Waals surface area (Å²) in [6.07, 6.45) is 2.47. The Labute approximate surface area is 108 Å². The number of rotatable bonds is 1. The third-order valence-corrected chi connectivity index (χ3v) is 4.11. The highest BCUT2D eigenvalue weighted by atomic mass is 15.1. The first-order valence-corrected chi connectivity index (χ1v) is 6.82. The van der Waals surface area contributed by atoms with Crippen LogP contribution in [0.4, 0.5) is 0 Å². The summed E-state index contributed by atoms with van der Waals surface area (Å²) in [6, 6.07) is 6.76. The van der Waals surface area contributed by atoms with Gasteiger partial charge in [-0.1, -0.05) is 19.1 Å². The van der Waals surface area contributed by atoms with Crippen molar-refractivity contribution in [2.75, 3.05) is 6.54 Å². The molecule has 3 rings (SSSR count). The molecular weight excluding hydrogens is 222 g/mol. The molecular formula is C15H21N3. The van der Waals surface area contributed by atoms with E-state index in [1.54, 1.807) is 0 Å². The van der Waals surface area contributed by atoms with Crippen molar-refractivity contribution in [3.8, 4) is 0 Å². The highest BCUT2D eigenvalue weighted by Gasteiger charge is 2.24. The Kier molecular flexibility index (Phi) is 2.86. The molecule has 1 N–H and O–H groups in total. The van der Waals surface area contributed by atoms with E-state index in [0.717, 1.165) is 18.0 Å². The number of hydrogen-bond donors (Lipinski definition) is 1. The number of hydrogen-bond acceptors (Lipinski definition) is 2. The number of aromatic nitrogens is 2. The molecule has 1 saturated heterocycles. The topological polar surface area (TPSA) is 29.9 Å². The maximum atomic E-state index is 4.83. The highest BCUT2D eigenvalue weighted by molar-refractivity contribution is 5.79. The lowest BCUT2D eigenvalue weighted by atomic mass is 9.94. The Morgan fingerprint density at radius 2 is 2.22 bits per heavy atom. The second-order valence-corrected chi connectivity index (χ2v) is 5.61. The van der Waals surface area contributed by atoms with Gasteiger partial charge < -0.3 is 9.88 Å². The lowest BCUT2D eigenvalue weighted by Gasteiger charge is -2.27. The second-order valence-electron chi connectivity index (χ2n) is 5.61. The van der Waals surface area contributed by atoms with Crippen LogP contribution < -0.4 is 5.32 Å². The van der Waals surface area contributed by atoms with E-state index in [1.165, 1.54) is 29.7 Å². The Balaban J connectivity index is 2.07. The van der Waals surface area contributed by atoms with Crippen molar-refractivity contribution < 1.29 is 0 Å². The van der Waals surface area contributed by atoms with Crippen LogP contribution >= 0.6 is 0 Å². The standard InChI is InChI=1S/C15H21N3/c1-10-7-8-16-13(9-10)15-17-12-6-4-5-11(2)14(12)18(15)3/h4-6,10,13,16H,7-9H2,1-3H3. The molecule has 1 aliphatic rings. The quantitative estimate of drug-likeness (QED) is 0.834. The van der Waals surface area contributed by atoms with Crippen molar-refractivity contribution >= 4 is 11.0 Å². The van der Waals surface area contributed by atoms with Crippen molar-refractivity contribution in [1.82, 2.24) is 14.9 Å². The van der Waals surface area contributed by atoms with Crippen LogP contribution in [0, 0.1) is 12.8 Å². The zero-order chi connectivity index (χ0) is 12.7. The summed E-state index contributed by atoms with van der Waals surface area (Å²) in [5.74, 6) is 1.98. The molecule has 1 fully saturated rings. The van der Waals surface area contributed by atoms with Gasteiger partial charge in [-0.2, -0.15) is 0 Å². The minimum atomic E-state index is 0.408. The van der Waals surface area contributed by atoms with E-state index in [2.05, 4.69) is 49.0 Å². The highest BCUT2D eigenvalue weighted by Crippen LogP contribution is 2.29. The molecule has 2 aromatic rings. The smallest absolute Gasteiger partial charge is 0.126 e. The molecule has 18 heavy (non-hydrogen) atoms. The minimum absolute atomic E-state index is 0.408. The molecule has 1 aromatic heterocycles. The molecule has 0 radical (unpaired) electrons. The number of imidazole rings is 1. The summed E-state index contributed by atoms with van der Waals surface area (Å²) in [7, 11) is 2.14. The van der Waals surface area contributed by atoms with Gasteiger partial charge in [0.15, 0.2) is 0 Å². The molecule has 2 heterocycles. The van der Waals surface area contributed by atoms with Gasteiger partial charge in [-0.15, -0.1) is 0 Å². The zero-order valence-corrected chi connectivity index (χ0v) is 11.4. The van der Waals surface area contributed by atoms with Gasteiger partial charge in [0, 0.05) is 7.05 Å². The van der Waals surface area contributed by atoms with Crippen molar-refractivity contribution in [2.45, 2.75) is 32.7 Å². The first-order valence-electron chi connectivity index (χ1n) is 6.82. The minimum Gasteiger partial charge on any atom is -0.330 e. The Morgan fingerprint density at radius 1 is 1.39 bits per heavy atom. The predicted molar refractivity (Wildman–Crippen MR) is 74.6 cm³/mol. The SMILES string of the molecule is Cc1cccc2nc(C3CC(C)CCN3)n(C)c12. The summed E-state index contributed by atoms with van der Waals surface area (Å²) in [4.78, 5) is 4.83. The van der Waals surface area contributed by atoms with E-state index in [-0.39, 0.29) is 0 Å². The first-order chi connectivity index (χ1) is 8.66. The summed E-state index contributed by atoms with van der Waals surface area (Å²) in [6.45, 7) is 5.60. The molecule has 0 spiro atoms. The van der Waals surface area contributed by atoms with Crippen LogP contribution in [-0.2, 0) is 7.05 Å². The molecule has 0 saturated carbocycles. The van der Waals surface area contributed by atoms with Crippen LogP contribution in [0.15, 0.2) is 18.2 Å². The molecule has 3 nitrogen and oxygen atoms in total. The monoisotopic (exact) mass is 243 g/mol. The third kappa shape index (κ3) is 1.83. The number of para-hydroxylation sites is 1. The van der Waals surface area contributed by atoms with E-state index in [9.17, 15) is 0 Å². The Bertz CT molecular complexity index is 570. The molecule has 2 atom stereocenters. The largest absolute Gasteiger partial charge is 0.330 e. The fourth-order valence-corrected chi connectivity index (χ4v) is 3.10. The van der Waals surface area contributed by atoms with Gasteiger partial charge in [0.05, 0.1) is 17.1 Å². The van der Waals surface area contributed by atoms with Crippen molar-refractivity contribution in [2.24, 2.45) is 13.0 Å². The number of nitrogens with zero attached hydrogens (tertiary/aromatic N) is 2. The Hall–Kier alpha value is -1.35. The number of piperidine rings is 1.